The number of ether oxygens (including phenoxy) is 3. The molecule has 1 amide bonds. The second-order valence-corrected chi connectivity index (χ2v) is 11.0. The summed E-state index contributed by atoms with van der Waals surface area (Å²) >= 11 is 7.19. The van der Waals surface area contributed by atoms with Gasteiger partial charge in [-0.3, -0.25) is 10.2 Å². The van der Waals surface area contributed by atoms with Gasteiger partial charge in [0.2, 0.25) is 19.4 Å². The predicted octanol–water partition coefficient (Wildman–Crippen LogP) is 3.82. The molecule has 0 unspecified atom stereocenters. The van der Waals surface area contributed by atoms with Crippen molar-refractivity contribution in [1.82, 2.24) is 5.01 Å². The summed E-state index contributed by atoms with van der Waals surface area (Å²) in [6.07, 6.45) is 2.41. The zero-order valence-corrected chi connectivity index (χ0v) is 21.6. The van der Waals surface area contributed by atoms with E-state index in [9.17, 15) is 13.2 Å². The fraction of sp³-hybridized carbons (Fsp3) is 0.217. The second kappa shape index (κ2) is 10.7. The molecule has 2 aliphatic heterocycles. The summed E-state index contributed by atoms with van der Waals surface area (Å²) in [4.78, 5) is 16.5. The molecule has 10 nitrogen and oxygen atoms in total. The summed E-state index contributed by atoms with van der Waals surface area (Å²) in [5.74, 6) is 0.388. The Morgan fingerprint density at radius 2 is 1.86 bits per heavy atom. The minimum atomic E-state index is -3.62. The average molecular weight is 549 g/mol. The molecule has 0 radical (unpaired) electrons. The third-order valence-electron chi connectivity index (χ3n) is 4.74. The highest BCUT2D eigenvalue weighted by atomic mass is 35.5. The van der Waals surface area contributed by atoms with Crippen LogP contribution in [0.4, 0.5) is 0 Å². The molecule has 0 saturated heterocycles. The van der Waals surface area contributed by atoms with E-state index in [1.165, 1.54) is 6.08 Å². The van der Waals surface area contributed by atoms with Crippen LogP contribution in [0.15, 0.2) is 58.1 Å². The predicted molar refractivity (Wildman–Crippen MR) is 140 cm³/mol. The maximum Gasteiger partial charge on any atom is 0.283 e. The summed E-state index contributed by atoms with van der Waals surface area (Å²) in [5.41, 5.74) is 0.378. The Morgan fingerprint density at radius 3 is 2.56 bits per heavy atom. The molecule has 1 N–H and O–H groups in total. The topological polar surface area (TPSA) is 131 Å². The second-order valence-electron chi connectivity index (χ2n) is 7.43. The summed E-state index contributed by atoms with van der Waals surface area (Å²) in [7, 11) is -3.62. The van der Waals surface area contributed by atoms with Crippen molar-refractivity contribution >= 4 is 60.6 Å². The van der Waals surface area contributed by atoms with Gasteiger partial charge in [0, 0.05) is 6.26 Å². The van der Waals surface area contributed by atoms with E-state index < -0.39 is 15.7 Å². The van der Waals surface area contributed by atoms with Crippen LogP contribution in [0.2, 0.25) is 5.02 Å². The van der Waals surface area contributed by atoms with Gasteiger partial charge in [-0.05, 0) is 54.6 Å². The van der Waals surface area contributed by atoms with Crippen LogP contribution in [0.3, 0.4) is 0 Å². The summed E-state index contributed by atoms with van der Waals surface area (Å²) in [6, 6.07) is 12.5. The first kappa shape index (κ1) is 25.7. The van der Waals surface area contributed by atoms with Crippen LogP contribution in [0.25, 0.3) is 6.08 Å². The number of fused-ring (bicyclic) bond motifs is 1. The van der Waals surface area contributed by atoms with Gasteiger partial charge in [-0.15, -0.1) is 5.10 Å². The number of amides is 1. The van der Waals surface area contributed by atoms with Gasteiger partial charge < -0.3 is 14.2 Å². The highest BCUT2D eigenvalue weighted by Gasteiger charge is 2.38. The molecule has 2 aromatic carbocycles. The van der Waals surface area contributed by atoms with Crippen LogP contribution in [0.5, 0.6) is 17.2 Å². The quantitative estimate of drug-likeness (QED) is 0.389. The van der Waals surface area contributed by atoms with Gasteiger partial charge >= 0.3 is 0 Å². The fourth-order valence-electron chi connectivity index (χ4n) is 3.19. The number of thioether (sulfide) groups is 1. The largest absolute Gasteiger partial charge is 0.490 e. The highest BCUT2D eigenvalue weighted by molar-refractivity contribution is 8.42. The van der Waals surface area contributed by atoms with Gasteiger partial charge in [0.25, 0.3) is 5.91 Å². The number of aliphatic imine (C=N–C) groups is 1. The van der Waals surface area contributed by atoms with E-state index in [1.54, 1.807) is 19.1 Å². The molecule has 36 heavy (non-hydrogen) atoms. The van der Waals surface area contributed by atoms with Crippen LogP contribution in [-0.4, -0.2) is 60.8 Å². The SMILES string of the molecule is CCOc1cc(/C=C2/C(=N)N3N=C(S(C)(=O)=O)SC3=NC2=O)cc(Cl)c1OCCOc1ccccc1. The molecule has 0 aromatic heterocycles. The van der Waals surface area contributed by atoms with Crippen molar-refractivity contribution in [1.29, 1.82) is 5.41 Å². The van der Waals surface area contributed by atoms with Gasteiger partial charge in [-0.2, -0.15) is 10.0 Å². The van der Waals surface area contributed by atoms with Gasteiger partial charge in [-0.1, -0.05) is 29.8 Å². The minimum absolute atomic E-state index is 0.0112. The lowest BCUT2D eigenvalue weighted by molar-refractivity contribution is -0.114. The molecule has 2 heterocycles. The number of amidine groups is 2. The molecule has 0 saturated carbocycles. The number of nitrogens with zero attached hydrogens (tertiary/aromatic N) is 3. The van der Waals surface area contributed by atoms with E-state index in [0.29, 0.717) is 29.4 Å². The maximum absolute atomic E-state index is 12.6. The Hall–Kier alpha value is -3.35. The summed E-state index contributed by atoms with van der Waals surface area (Å²) in [5, 5.41) is 13.6. The molecule has 0 fully saturated rings. The Labute approximate surface area is 217 Å². The average Bonchev–Trinajstić information content (AvgIpc) is 3.26. The number of hydrogen-bond acceptors (Lipinski definition) is 9. The van der Waals surface area contributed by atoms with Crippen molar-refractivity contribution in [2.75, 3.05) is 26.1 Å². The van der Waals surface area contributed by atoms with E-state index in [1.807, 2.05) is 30.3 Å². The van der Waals surface area contributed by atoms with E-state index in [0.717, 1.165) is 23.0 Å². The number of sulfone groups is 1. The third kappa shape index (κ3) is 5.72. The number of halogens is 1. The van der Waals surface area contributed by atoms with Gasteiger partial charge in [0.15, 0.2) is 17.3 Å². The van der Waals surface area contributed by atoms with E-state index in [-0.39, 0.29) is 39.2 Å². The van der Waals surface area contributed by atoms with Crippen LogP contribution in [-0.2, 0) is 14.6 Å². The molecule has 2 aromatic rings. The molecule has 0 atom stereocenters. The van der Waals surface area contributed by atoms with Gasteiger partial charge in [-0.25, -0.2) is 8.42 Å². The zero-order chi connectivity index (χ0) is 25.9. The first-order valence-electron chi connectivity index (χ1n) is 10.6. The molecule has 0 bridgehead atoms. The van der Waals surface area contributed by atoms with Crippen molar-refractivity contribution in [2.24, 2.45) is 10.1 Å². The van der Waals surface area contributed by atoms with E-state index >= 15 is 0 Å². The molecule has 13 heteroatoms. The molecule has 0 aliphatic carbocycles. The van der Waals surface area contributed by atoms with Crippen LogP contribution >= 0.6 is 23.4 Å². The maximum atomic E-state index is 12.6. The van der Waals surface area contributed by atoms with Gasteiger partial charge in [0.1, 0.15) is 19.0 Å². The Bertz CT molecular complexity index is 1410. The van der Waals surface area contributed by atoms with Crippen molar-refractivity contribution in [3.05, 3.63) is 58.6 Å². The molecule has 188 valence electrons. The molecule has 0 spiro atoms. The number of benzene rings is 2. The van der Waals surface area contributed by atoms with Crippen LogP contribution < -0.4 is 14.2 Å². The highest BCUT2D eigenvalue weighted by Crippen LogP contribution is 2.38. The monoisotopic (exact) mass is 548 g/mol. The zero-order valence-electron chi connectivity index (χ0n) is 19.2. The fourth-order valence-corrected chi connectivity index (χ4v) is 5.14. The van der Waals surface area contributed by atoms with Crippen molar-refractivity contribution in [2.45, 2.75) is 6.92 Å². The standard InChI is InChI=1S/C23H21ClN4O6S2/c1-3-32-18-13-14(12-17(24)19(18)34-10-9-33-15-7-5-4-6-8-15)11-16-20(25)28-22(26-21(16)29)35-23(27-28)36(2,30)31/h4-8,11-13,25H,3,9-10H2,1-2H3/b16-11-,25-20?. The smallest absolute Gasteiger partial charge is 0.283 e. The number of carbonyl (C=O) groups excluding carboxylic acids is 1. The number of hydrogen-bond donors (Lipinski definition) is 1. The lowest BCUT2D eigenvalue weighted by atomic mass is 10.1. The lowest BCUT2D eigenvalue weighted by Crippen LogP contribution is -2.35. The third-order valence-corrected chi connectivity index (χ3v) is 7.60. The van der Waals surface area contributed by atoms with Crippen molar-refractivity contribution < 1.29 is 27.4 Å². The Morgan fingerprint density at radius 1 is 1.14 bits per heavy atom. The Kier molecular flexibility index (Phi) is 7.67. The van der Waals surface area contributed by atoms with E-state index in [2.05, 4.69) is 10.1 Å². The van der Waals surface area contributed by atoms with Crippen LogP contribution in [0, 0.1) is 5.41 Å². The normalized spacial score (nSPS) is 16.5. The number of hydrazone groups is 1. The molecular formula is C23H21ClN4O6S2. The molecule has 2 aliphatic rings. The number of carbonyl (C=O) groups is 1. The van der Waals surface area contributed by atoms with Crippen molar-refractivity contribution in [3.63, 3.8) is 0 Å². The van der Waals surface area contributed by atoms with Gasteiger partial charge in [0.05, 0.1) is 17.2 Å². The van der Waals surface area contributed by atoms with E-state index in [4.69, 9.17) is 31.2 Å². The molecule has 4 rings (SSSR count). The lowest BCUT2D eigenvalue weighted by Gasteiger charge is -2.20. The number of rotatable bonds is 8. The summed E-state index contributed by atoms with van der Waals surface area (Å²) < 4.78 is 40.5. The first-order chi connectivity index (χ1) is 17.2. The van der Waals surface area contributed by atoms with Crippen LogP contribution in [0.1, 0.15) is 12.5 Å². The minimum Gasteiger partial charge on any atom is -0.490 e. The number of para-hydroxylation sites is 1. The number of nitrogens with one attached hydrogen (secondary N) is 1. The first-order valence-corrected chi connectivity index (χ1v) is 13.7. The molecular weight excluding hydrogens is 528 g/mol. The summed E-state index contributed by atoms with van der Waals surface area (Å²) in [6.45, 7) is 2.64. The van der Waals surface area contributed by atoms with Crippen molar-refractivity contribution in [3.8, 4) is 17.2 Å². The Balaban J connectivity index is 1.55.